The molecule has 0 aliphatic rings. The van der Waals surface area contributed by atoms with Crippen molar-refractivity contribution in [1.82, 2.24) is 0 Å². The molecule has 1 aromatic heterocycles. The molecule has 1 amide bonds. The van der Waals surface area contributed by atoms with Crippen molar-refractivity contribution < 1.29 is 14.7 Å². The number of hydrogen-bond acceptors (Lipinski definition) is 3. The van der Waals surface area contributed by atoms with E-state index < -0.39 is 5.97 Å². The van der Waals surface area contributed by atoms with Crippen LogP contribution in [0.15, 0.2) is 36.4 Å². The maximum atomic E-state index is 11.7. The van der Waals surface area contributed by atoms with Gasteiger partial charge in [-0.1, -0.05) is 23.2 Å². The summed E-state index contributed by atoms with van der Waals surface area (Å²) in [4.78, 5) is 22.6. The lowest BCUT2D eigenvalue weighted by Crippen LogP contribution is -2.06. The Morgan fingerprint density at radius 1 is 1.14 bits per heavy atom. The third kappa shape index (κ3) is 4.60. The van der Waals surface area contributed by atoms with E-state index in [1.807, 2.05) is 0 Å². The van der Waals surface area contributed by atoms with E-state index >= 15 is 0 Å². The number of thiophene rings is 1. The van der Waals surface area contributed by atoms with Gasteiger partial charge in [-0.3, -0.25) is 4.79 Å². The minimum absolute atomic E-state index is 0.163. The van der Waals surface area contributed by atoms with Gasteiger partial charge in [-0.2, -0.15) is 0 Å². The van der Waals surface area contributed by atoms with Gasteiger partial charge in [0.15, 0.2) is 0 Å². The van der Waals surface area contributed by atoms with Gasteiger partial charge in [-0.05, 0) is 42.0 Å². The van der Waals surface area contributed by atoms with E-state index in [0.29, 0.717) is 20.6 Å². The molecule has 0 bridgehead atoms. The van der Waals surface area contributed by atoms with Gasteiger partial charge in [0.2, 0.25) is 5.91 Å². The number of hydrogen-bond donors (Lipinski definition) is 2. The minimum Gasteiger partial charge on any atom is -0.477 e. The molecule has 0 fully saturated rings. The van der Waals surface area contributed by atoms with Gasteiger partial charge in [0, 0.05) is 16.1 Å². The molecule has 0 spiro atoms. The number of amides is 1. The number of halogens is 2. The van der Waals surface area contributed by atoms with E-state index in [2.05, 4.69) is 5.32 Å². The third-order valence-corrected chi connectivity index (χ3v) is 3.80. The summed E-state index contributed by atoms with van der Waals surface area (Å²) in [5.74, 6) is -1.39. The Bertz CT molecular complexity index is 705. The highest BCUT2D eigenvalue weighted by atomic mass is 35.5. The molecule has 108 valence electrons. The number of carbonyl (C=O) groups excluding carboxylic acids is 1. The fourth-order valence-corrected chi connectivity index (χ4v) is 2.82. The maximum absolute atomic E-state index is 11.7. The van der Waals surface area contributed by atoms with Crippen molar-refractivity contribution in [2.24, 2.45) is 0 Å². The van der Waals surface area contributed by atoms with Crippen LogP contribution >= 0.6 is 34.5 Å². The zero-order chi connectivity index (χ0) is 15.4. The summed E-state index contributed by atoms with van der Waals surface area (Å²) in [5.41, 5.74) is 0.694. The molecule has 0 radical (unpaired) electrons. The largest absolute Gasteiger partial charge is 0.477 e. The first-order chi connectivity index (χ1) is 9.94. The van der Waals surface area contributed by atoms with Crippen LogP contribution in [0.4, 0.5) is 5.00 Å². The summed E-state index contributed by atoms with van der Waals surface area (Å²) in [7, 11) is 0. The topological polar surface area (TPSA) is 66.4 Å². The molecular formula is C14H9Cl2NO3S. The predicted molar refractivity (Wildman–Crippen MR) is 85.4 cm³/mol. The van der Waals surface area contributed by atoms with E-state index in [4.69, 9.17) is 28.3 Å². The van der Waals surface area contributed by atoms with E-state index in [9.17, 15) is 9.59 Å². The van der Waals surface area contributed by atoms with Crippen LogP contribution in [0.5, 0.6) is 0 Å². The third-order valence-electron chi connectivity index (χ3n) is 2.38. The van der Waals surface area contributed by atoms with E-state index in [0.717, 1.165) is 11.3 Å². The zero-order valence-corrected chi connectivity index (χ0v) is 12.8. The maximum Gasteiger partial charge on any atom is 0.345 e. The number of nitrogens with one attached hydrogen (secondary N) is 1. The molecule has 2 N–H and O–H groups in total. The summed E-state index contributed by atoms with van der Waals surface area (Å²) in [6.45, 7) is 0. The highest BCUT2D eigenvalue weighted by molar-refractivity contribution is 7.18. The second kappa shape index (κ2) is 6.76. The Balaban J connectivity index is 2.03. The van der Waals surface area contributed by atoms with Crippen LogP contribution < -0.4 is 5.32 Å². The molecule has 1 aromatic carbocycles. The minimum atomic E-state index is -1.02. The lowest BCUT2D eigenvalue weighted by atomic mass is 10.2. The van der Waals surface area contributed by atoms with Crippen molar-refractivity contribution in [3.8, 4) is 0 Å². The summed E-state index contributed by atoms with van der Waals surface area (Å²) < 4.78 is 0. The monoisotopic (exact) mass is 341 g/mol. The van der Waals surface area contributed by atoms with Crippen molar-refractivity contribution >= 4 is 57.5 Å². The fraction of sp³-hybridized carbons (Fsp3) is 0. The van der Waals surface area contributed by atoms with Gasteiger partial charge in [0.25, 0.3) is 0 Å². The van der Waals surface area contributed by atoms with Crippen molar-refractivity contribution in [2.45, 2.75) is 0 Å². The average Bonchev–Trinajstić information content (AvgIpc) is 2.84. The number of carboxylic acid groups (broad SMARTS) is 1. The van der Waals surface area contributed by atoms with Gasteiger partial charge < -0.3 is 10.4 Å². The Morgan fingerprint density at radius 3 is 2.38 bits per heavy atom. The highest BCUT2D eigenvalue weighted by Gasteiger charge is 2.07. The normalized spacial score (nSPS) is 10.8. The number of aromatic carboxylic acids is 1. The zero-order valence-electron chi connectivity index (χ0n) is 10.5. The van der Waals surface area contributed by atoms with Crippen LogP contribution in [0.2, 0.25) is 10.0 Å². The number of rotatable bonds is 4. The number of carbonyl (C=O) groups is 2. The van der Waals surface area contributed by atoms with Crippen LogP contribution in [-0.4, -0.2) is 17.0 Å². The van der Waals surface area contributed by atoms with Crippen LogP contribution in [0, 0.1) is 0 Å². The molecule has 0 aliphatic carbocycles. The van der Waals surface area contributed by atoms with E-state index in [1.165, 1.54) is 18.2 Å². The van der Waals surface area contributed by atoms with Crippen LogP contribution in [0.1, 0.15) is 15.2 Å². The highest BCUT2D eigenvalue weighted by Crippen LogP contribution is 2.22. The second-order valence-electron chi connectivity index (χ2n) is 3.99. The van der Waals surface area contributed by atoms with Crippen LogP contribution in [-0.2, 0) is 4.79 Å². The lowest BCUT2D eigenvalue weighted by molar-refractivity contribution is -0.111. The van der Waals surface area contributed by atoms with Crippen molar-refractivity contribution in [3.63, 3.8) is 0 Å². The Kier molecular flexibility index (Phi) is 5.01. The average molecular weight is 342 g/mol. The van der Waals surface area contributed by atoms with Crippen molar-refractivity contribution in [2.75, 3.05) is 5.32 Å². The molecule has 0 aliphatic heterocycles. The molecule has 7 heteroatoms. The Labute approximate surface area is 134 Å². The number of anilines is 1. The summed E-state index contributed by atoms with van der Waals surface area (Å²) in [6, 6.07) is 7.91. The predicted octanol–water partition coefficient (Wildman–Crippen LogP) is 4.41. The molecule has 4 nitrogen and oxygen atoms in total. The van der Waals surface area contributed by atoms with Crippen molar-refractivity contribution in [3.05, 3.63) is 56.9 Å². The van der Waals surface area contributed by atoms with Crippen LogP contribution in [0.3, 0.4) is 0 Å². The molecule has 2 aromatic rings. The summed E-state index contributed by atoms with van der Waals surface area (Å²) in [6.07, 6.45) is 2.89. The van der Waals surface area contributed by atoms with E-state index in [1.54, 1.807) is 24.3 Å². The fourth-order valence-electron chi connectivity index (χ4n) is 1.53. The second-order valence-corrected chi connectivity index (χ2v) is 5.95. The smallest absolute Gasteiger partial charge is 0.345 e. The Morgan fingerprint density at radius 2 is 1.81 bits per heavy atom. The Hall–Kier alpha value is -1.82. The molecule has 2 rings (SSSR count). The first-order valence-corrected chi connectivity index (χ1v) is 7.29. The molecular weight excluding hydrogens is 333 g/mol. The summed E-state index contributed by atoms with van der Waals surface area (Å²) in [5, 5.41) is 12.8. The quantitative estimate of drug-likeness (QED) is 0.809. The first-order valence-electron chi connectivity index (χ1n) is 5.72. The summed E-state index contributed by atoms with van der Waals surface area (Å²) >= 11 is 12.7. The number of carboxylic acids is 1. The van der Waals surface area contributed by atoms with Gasteiger partial charge in [-0.15, -0.1) is 11.3 Å². The van der Waals surface area contributed by atoms with Gasteiger partial charge in [0.05, 0.1) is 5.00 Å². The standard InChI is InChI=1S/C14H9Cl2NO3S/c15-9-5-8(6-10(16)7-9)1-3-12(18)17-13-4-2-11(21-13)14(19)20/h1-7H,(H,17,18)(H,19,20)/b3-1+. The van der Waals surface area contributed by atoms with Gasteiger partial charge in [0.1, 0.15) is 4.88 Å². The van der Waals surface area contributed by atoms with E-state index in [-0.39, 0.29) is 10.8 Å². The molecule has 1 heterocycles. The van der Waals surface area contributed by atoms with Gasteiger partial charge >= 0.3 is 5.97 Å². The molecule has 0 unspecified atom stereocenters. The molecule has 0 atom stereocenters. The SMILES string of the molecule is O=C(/C=C/c1cc(Cl)cc(Cl)c1)Nc1ccc(C(=O)O)s1. The lowest BCUT2D eigenvalue weighted by Gasteiger charge is -1.98. The van der Waals surface area contributed by atoms with Crippen molar-refractivity contribution in [1.29, 1.82) is 0 Å². The van der Waals surface area contributed by atoms with Crippen LogP contribution in [0.25, 0.3) is 6.08 Å². The van der Waals surface area contributed by atoms with Gasteiger partial charge in [-0.25, -0.2) is 4.79 Å². The molecule has 21 heavy (non-hydrogen) atoms. The molecule has 0 saturated heterocycles. The number of benzene rings is 1. The first kappa shape index (κ1) is 15.6. The molecule has 0 saturated carbocycles.